The number of carbonyl (C=O) groups excluding carboxylic acids is 2. The Balaban J connectivity index is 2.08. The molecule has 3 aliphatic rings. The fourth-order valence-electron chi connectivity index (χ4n) is 3.82. The van der Waals surface area contributed by atoms with Crippen molar-refractivity contribution in [3.63, 3.8) is 0 Å². The van der Waals surface area contributed by atoms with Gasteiger partial charge < -0.3 is 0 Å². The molecule has 3 aliphatic carbocycles. The predicted octanol–water partition coefficient (Wildman–Crippen LogP) is 3.76. The maximum absolute atomic E-state index is 12.4. The zero-order valence-corrected chi connectivity index (χ0v) is 13.6. The summed E-state index contributed by atoms with van der Waals surface area (Å²) in [6.45, 7) is 6.75. The first kappa shape index (κ1) is 13.7. The van der Waals surface area contributed by atoms with Crippen LogP contribution in [0.1, 0.15) is 32.1 Å². The minimum atomic E-state index is -1.61. The summed E-state index contributed by atoms with van der Waals surface area (Å²) < 4.78 is 0. The van der Waals surface area contributed by atoms with Gasteiger partial charge in [-0.1, -0.05) is 31.3 Å². The Labute approximate surface area is 121 Å². The van der Waals surface area contributed by atoms with Gasteiger partial charge in [-0.05, 0) is 47.6 Å². The molecule has 0 saturated heterocycles. The summed E-state index contributed by atoms with van der Waals surface area (Å²) >= 11 is 0. The van der Waals surface area contributed by atoms with Crippen LogP contribution in [0.5, 0.6) is 0 Å². The largest absolute Gasteiger partial charge is 0.295 e. The van der Waals surface area contributed by atoms with Crippen molar-refractivity contribution in [1.29, 1.82) is 0 Å². The van der Waals surface area contributed by atoms with Gasteiger partial charge >= 0.3 is 0 Å². The lowest BCUT2D eigenvalue weighted by Gasteiger charge is -2.23. The molecule has 0 aliphatic heterocycles. The average Bonchev–Trinajstić information content (AvgIpc) is 2.54. The van der Waals surface area contributed by atoms with Crippen LogP contribution in [0.25, 0.3) is 0 Å². The molecular weight excluding hydrogens is 264 g/mol. The van der Waals surface area contributed by atoms with E-state index in [0.29, 0.717) is 24.5 Å². The summed E-state index contributed by atoms with van der Waals surface area (Å²) in [5.74, 6) is 1.13. The Bertz CT molecular complexity index is 585. The molecule has 106 valence electrons. The summed E-state index contributed by atoms with van der Waals surface area (Å²) in [5, 5.41) is 1.13. The van der Waals surface area contributed by atoms with Gasteiger partial charge in [0.2, 0.25) is 0 Å². The zero-order valence-electron chi connectivity index (χ0n) is 12.6. The number of carbonyl (C=O) groups is 2. The van der Waals surface area contributed by atoms with Gasteiger partial charge in [-0.3, -0.25) is 9.59 Å². The van der Waals surface area contributed by atoms with Gasteiger partial charge in [-0.15, -0.1) is 0 Å². The second kappa shape index (κ2) is 4.66. The molecule has 20 heavy (non-hydrogen) atoms. The van der Waals surface area contributed by atoms with E-state index in [2.05, 4.69) is 25.7 Å². The number of allylic oxidation sites excluding steroid dienone is 6. The molecule has 0 saturated carbocycles. The van der Waals surface area contributed by atoms with Crippen LogP contribution in [0.4, 0.5) is 0 Å². The molecule has 0 spiro atoms. The van der Waals surface area contributed by atoms with Crippen molar-refractivity contribution in [3.8, 4) is 0 Å². The molecule has 3 rings (SSSR count). The van der Waals surface area contributed by atoms with Crippen LogP contribution in [0, 0.1) is 5.92 Å². The molecule has 0 aromatic carbocycles. The Hall–Kier alpha value is -1.22. The number of ketones is 2. The Morgan fingerprint density at radius 3 is 2.60 bits per heavy atom. The lowest BCUT2D eigenvalue weighted by atomic mass is 9.83. The molecule has 1 atom stereocenters. The van der Waals surface area contributed by atoms with E-state index >= 15 is 0 Å². The van der Waals surface area contributed by atoms with Crippen LogP contribution in [0.3, 0.4) is 0 Å². The van der Waals surface area contributed by atoms with E-state index in [1.54, 1.807) is 0 Å². The molecule has 0 aromatic rings. The molecule has 3 heteroatoms. The van der Waals surface area contributed by atoms with E-state index in [1.807, 2.05) is 6.08 Å². The number of hydrogen-bond acceptors (Lipinski definition) is 2. The van der Waals surface area contributed by atoms with Gasteiger partial charge in [-0.25, -0.2) is 0 Å². The van der Waals surface area contributed by atoms with Crippen LogP contribution in [-0.4, -0.2) is 19.6 Å². The summed E-state index contributed by atoms with van der Waals surface area (Å²) in [6, 6.07) is 0. The Morgan fingerprint density at radius 2 is 1.90 bits per heavy atom. The highest BCUT2D eigenvalue weighted by molar-refractivity contribution is 6.87. The van der Waals surface area contributed by atoms with Crippen molar-refractivity contribution >= 4 is 19.6 Å². The van der Waals surface area contributed by atoms with Gasteiger partial charge in [0.05, 0.1) is 8.07 Å². The highest BCUT2D eigenvalue weighted by Gasteiger charge is 2.37. The summed E-state index contributed by atoms with van der Waals surface area (Å²) in [5.41, 5.74) is 3.81. The predicted molar refractivity (Wildman–Crippen MR) is 83.1 cm³/mol. The number of hydrogen-bond donors (Lipinski definition) is 0. The van der Waals surface area contributed by atoms with E-state index in [9.17, 15) is 9.59 Å². The topological polar surface area (TPSA) is 34.1 Å². The second-order valence-corrected chi connectivity index (χ2v) is 12.3. The average molecular weight is 286 g/mol. The van der Waals surface area contributed by atoms with Gasteiger partial charge in [-0.2, -0.15) is 0 Å². The highest BCUT2D eigenvalue weighted by atomic mass is 28.3. The third kappa shape index (κ3) is 2.28. The minimum Gasteiger partial charge on any atom is -0.295 e. The van der Waals surface area contributed by atoms with E-state index in [1.165, 1.54) is 16.7 Å². The lowest BCUT2D eigenvalue weighted by Crippen LogP contribution is -2.28. The van der Waals surface area contributed by atoms with Crippen molar-refractivity contribution in [3.05, 3.63) is 34.1 Å². The van der Waals surface area contributed by atoms with Crippen LogP contribution >= 0.6 is 0 Å². The fourth-order valence-corrected chi connectivity index (χ4v) is 5.90. The van der Waals surface area contributed by atoms with E-state index in [0.717, 1.165) is 24.5 Å². The molecular formula is C17H22O2Si. The zero-order chi connectivity index (χ0) is 14.5. The molecule has 0 amide bonds. The van der Waals surface area contributed by atoms with Crippen LogP contribution in [0.2, 0.25) is 19.6 Å². The maximum Gasteiger partial charge on any atom is 0.159 e. The van der Waals surface area contributed by atoms with E-state index < -0.39 is 8.07 Å². The Morgan fingerprint density at radius 1 is 1.15 bits per heavy atom. The van der Waals surface area contributed by atoms with Crippen molar-refractivity contribution in [1.82, 2.24) is 0 Å². The molecule has 0 N–H and O–H groups in total. The van der Waals surface area contributed by atoms with E-state index in [4.69, 9.17) is 0 Å². The van der Waals surface area contributed by atoms with E-state index in [-0.39, 0.29) is 5.78 Å². The second-order valence-electron chi connectivity index (χ2n) is 7.27. The first-order chi connectivity index (χ1) is 9.36. The maximum atomic E-state index is 12.4. The minimum absolute atomic E-state index is 0.263. The molecule has 2 nitrogen and oxygen atoms in total. The molecule has 0 aromatic heterocycles. The van der Waals surface area contributed by atoms with Crippen molar-refractivity contribution in [2.45, 2.75) is 51.7 Å². The third-order valence-corrected chi connectivity index (χ3v) is 6.79. The SMILES string of the molecule is C[Si](C)(C)C1=C2CC3=CC(=O)CCC3CC=C2CC1=O. The monoisotopic (exact) mass is 286 g/mol. The summed E-state index contributed by atoms with van der Waals surface area (Å²) in [6.07, 6.45) is 8.26. The molecule has 0 heterocycles. The van der Waals surface area contributed by atoms with Crippen molar-refractivity contribution < 1.29 is 9.59 Å². The molecule has 1 unspecified atom stereocenters. The molecule has 0 bridgehead atoms. The smallest absolute Gasteiger partial charge is 0.159 e. The van der Waals surface area contributed by atoms with Crippen LogP contribution < -0.4 is 0 Å². The van der Waals surface area contributed by atoms with Gasteiger partial charge in [0.1, 0.15) is 0 Å². The first-order valence-corrected chi connectivity index (χ1v) is 11.1. The number of fused-ring (bicyclic) bond motifs is 2. The van der Waals surface area contributed by atoms with Gasteiger partial charge in [0, 0.05) is 12.8 Å². The number of rotatable bonds is 1. The Kier molecular flexibility index (Phi) is 3.20. The van der Waals surface area contributed by atoms with Gasteiger partial charge in [0.15, 0.2) is 11.6 Å². The molecule has 0 radical (unpaired) electrons. The van der Waals surface area contributed by atoms with Crippen LogP contribution in [-0.2, 0) is 9.59 Å². The summed E-state index contributed by atoms with van der Waals surface area (Å²) in [4.78, 5) is 24.1. The third-order valence-electron chi connectivity index (χ3n) is 4.71. The van der Waals surface area contributed by atoms with Crippen molar-refractivity contribution in [2.75, 3.05) is 0 Å². The lowest BCUT2D eigenvalue weighted by molar-refractivity contribution is -0.115. The van der Waals surface area contributed by atoms with Crippen LogP contribution in [0.15, 0.2) is 34.1 Å². The normalized spacial score (nSPS) is 26.9. The summed E-state index contributed by atoms with van der Waals surface area (Å²) in [7, 11) is -1.61. The highest BCUT2D eigenvalue weighted by Crippen LogP contribution is 2.44. The standard InChI is InChI=1S/C17H22O2Si/c1-20(2,3)17-15-9-13-8-14(18)7-6-11(13)4-5-12(15)10-16(17)19/h5,8,11H,4,6-7,9-10H2,1-3H3. The quantitative estimate of drug-likeness (QED) is 0.688. The fraction of sp³-hybridized carbons (Fsp3) is 0.529. The van der Waals surface area contributed by atoms with Gasteiger partial charge in [0.25, 0.3) is 0 Å². The first-order valence-electron chi connectivity index (χ1n) is 7.56. The number of Topliss-reactive ketones (excluding diaryl/α,β-unsaturated/α-hetero) is 1. The molecule has 0 fully saturated rings. The van der Waals surface area contributed by atoms with Crippen molar-refractivity contribution in [2.24, 2.45) is 5.92 Å².